The number of para-hydroxylation sites is 1. The van der Waals surface area contributed by atoms with Gasteiger partial charge in [0, 0.05) is 42.8 Å². The van der Waals surface area contributed by atoms with Crippen LogP contribution in [0.15, 0.2) is 55.4 Å². The topological polar surface area (TPSA) is 62.6 Å². The molecule has 1 aliphatic heterocycles. The smallest absolute Gasteiger partial charge is 0.107 e. The zero-order valence-corrected chi connectivity index (χ0v) is 16.0. The molecule has 4 aromatic rings. The maximum absolute atomic E-state index is 4.89. The molecule has 0 saturated carbocycles. The van der Waals surface area contributed by atoms with Gasteiger partial charge < -0.3 is 9.55 Å². The fraction of sp³-hybridized carbons (Fsp3) is 0.318. The first-order valence-corrected chi connectivity index (χ1v) is 9.84. The lowest BCUT2D eigenvalue weighted by molar-refractivity contribution is 0.204. The van der Waals surface area contributed by atoms with Crippen LogP contribution >= 0.6 is 0 Å². The van der Waals surface area contributed by atoms with Crippen molar-refractivity contribution < 1.29 is 0 Å². The standard InChI is InChI=1S/C22H24N6/c1-27-15-24-13-22(27)21-12-23-11-20(26-21)16-6-8-28(9-7-16)14-17-10-25-19-5-3-2-4-18(17)19/h2-5,10-13,15-16,25H,6-9,14H2,1H3. The van der Waals surface area contributed by atoms with Gasteiger partial charge in [-0.2, -0.15) is 0 Å². The third kappa shape index (κ3) is 3.20. The van der Waals surface area contributed by atoms with Crippen LogP contribution < -0.4 is 0 Å². The number of hydrogen-bond acceptors (Lipinski definition) is 4. The number of aromatic amines is 1. The molecule has 0 spiro atoms. The number of fused-ring (bicyclic) bond motifs is 1. The molecule has 1 saturated heterocycles. The van der Waals surface area contributed by atoms with Crippen LogP contribution in [0, 0.1) is 0 Å². The van der Waals surface area contributed by atoms with E-state index in [1.54, 1.807) is 6.33 Å². The second-order valence-electron chi connectivity index (χ2n) is 7.63. The number of piperidine rings is 1. The zero-order chi connectivity index (χ0) is 18.9. The van der Waals surface area contributed by atoms with Crippen molar-refractivity contribution in [1.29, 1.82) is 0 Å². The Balaban J connectivity index is 1.27. The summed E-state index contributed by atoms with van der Waals surface area (Å²) in [6.07, 6.45) is 11.8. The maximum atomic E-state index is 4.89. The zero-order valence-electron chi connectivity index (χ0n) is 16.0. The Hall–Kier alpha value is -2.99. The van der Waals surface area contributed by atoms with E-state index in [-0.39, 0.29) is 0 Å². The lowest BCUT2D eigenvalue weighted by Gasteiger charge is -2.31. The van der Waals surface area contributed by atoms with Gasteiger partial charge in [-0.3, -0.25) is 9.88 Å². The van der Waals surface area contributed by atoms with Crippen LogP contribution in [0.2, 0.25) is 0 Å². The van der Waals surface area contributed by atoms with Crippen LogP contribution in [0.4, 0.5) is 0 Å². The normalized spacial score (nSPS) is 16.0. The van der Waals surface area contributed by atoms with Crippen molar-refractivity contribution in [2.24, 2.45) is 7.05 Å². The van der Waals surface area contributed by atoms with Gasteiger partial charge in [0.1, 0.15) is 5.69 Å². The summed E-state index contributed by atoms with van der Waals surface area (Å²) in [7, 11) is 1.99. The van der Waals surface area contributed by atoms with Crippen molar-refractivity contribution in [2.75, 3.05) is 13.1 Å². The minimum atomic E-state index is 0.472. The van der Waals surface area contributed by atoms with Gasteiger partial charge in [0.25, 0.3) is 0 Å². The van der Waals surface area contributed by atoms with E-state index in [2.05, 4.69) is 50.3 Å². The summed E-state index contributed by atoms with van der Waals surface area (Å²) >= 11 is 0. The highest BCUT2D eigenvalue weighted by Gasteiger charge is 2.23. The van der Waals surface area contributed by atoms with Crippen LogP contribution in [-0.2, 0) is 13.6 Å². The number of nitrogens with one attached hydrogen (secondary N) is 1. The Bertz CT molecular complexity index is 1090. The van der Waals surface area contributed by atoms with E-state index >= 15 is 0 Å². The number of likely N-dealkylation sites (tertiary alicyclic amines) is 1. The second-order valence-corrected chi connectivity index (χ2v) is 7.63. The van der Waals surface area contributed by atoms with Crippen LogP contribution in [0.3, 0.4) is 0 Å². The molecule has 142 valence electrons. The first-order chi connectivity index (χ1) is 13.8. The molecule has 5 rings (SSSR count). The van der Waals surface area contributed by atoms with Gasteiger partial charge in [0.2, 0.25) is 0 Å². The number of nitrogens with zero attached hydrogens (tertiary/aromatic N) is 5. The Morgan fingerprint density at radius 1 is 1.07 bits per heavy atom. The highest BCUT2D eigenvalue weighted by Crippen LogP contribution is 2.29. The average molecular weight is 372 g/mol. The molecule has 28 heavy (non-hydrogen) atoms. The van der Waals surface area contributed by atoms with Gasteiger partial charge in [0.15, 0.2) is 0 Å². The minimum absolute atomic E-state index is 0.472. The van der Waals surface area contributed by atoms with Crippen molar-refractivity contribution in [2.45, 2.75) is 25.3 Å². The monoisotopic (exact) mass is 372 g/mol. The fourth-order valence-electron chi connectivity index (χ4n) is 4.20. The predicted octanol–water partition coefficient (Wildman–Crippen LogP) is 3.74. The largest absolute Gasteiger partial charge is 0.361 e. The van der Waals surface area contributed by atoms with Crippen LogP contribution in [0.5, 0.6) is 0 Å². The van der Waals surface area contributed by atoms with Gasteiger partial charge in [-0.25, -0.2) is 9.97 Å². The minimum Gasteiger partial charge on any atom is -0.361 e. The molecule has 0 aliphatic carbocycles. The summed E-state index contributed by atoms with van der Waals surface area (Å²) in [5.74, 6) is 0.472. The molecule has 6 heteroatoms. The Labute approximate surface area is 164 Å². The highest BCUT2D eigenvalue weighted by atomic mass is 15.1. The number of imidazole rings is 1. The number of aromatic nitrogens is 5. The number of hydrogen-bond donors (Lipinski definition) is 1. The van der Waals surface area contributed by atoms with Crippen molar-refractivity contribution in [3.05, 3.63) is 66.6 Å². The summed E-state index contributed by atoms with van der Waals surface area (Å²) in [6.45, 7) is 3.17. The van der Waals surface area contributed by atoms with Gasteiger partial charge in [-0.1, -0.05) is 18.2 Å². The summed E-state index contributed by atoms with van der Waals surface area (Å²) < 4.78 is 1.98. The molecule has 0 atom stereocenters. The highest BCUT2D eigenvalue weighted by molar-refractivity contribution is 5.82. The van der Waals surface area contributed by atoms with Gasteiger partial charge in [0.05, 0.1) is 30.1 Å². The van der Waals surface area contributed by atoms with E-state index in [0.29, 0.717) is 5.92 Å². The van der Waals surface area contributed by atoms with Crippen molar-refractivity contribution >= 4 is 10.9 Å². The Morgan fingerprint density at radius 2 is 1.93 bits per heavy atom. The summed E-state index contributed by atoms with van der Waals surface area (Å²) in [6, 6.07) is 8.53. The number of benzene rings is 1. The van der Waals surface area contributed by atoms with Gasteiger partial charge in [-0.05, 0) is 37.6 Å². The molecule has 1 aliphatic rings. The lowest BCUT2D eigenvalue weighted by Crippen LogP contribution is -2.32. The third-order valence-corrected chi connectivity index (χ3v) is 5.81. The molecule has 1 fully saturated rings. The Kier molecular flexibility index (Phi) is 4.41. The number of H-pyrrole nitrogens is 1. The molecule has 0 radical (unpaired) electrons. The van der Waals surface area contributed by atoms with Gasteiger partial charge in [-0.15, -0.1) is 0 Å². The summed E-state index contributed by atoms with van der Waals surface area (Å²) in [5.41, 5.74) is 5.61. The van der Waals surface area contributed by atoms with E-state index in [4.69, 9.17) is 4.98 Å². The summed E-state index contributed by atoms with van der Waals surface area (Å²) in [5, 5.41) is 1.33. The fourth-order valence-corrected chi connectivity index (χ4v) is 4.20. The second kappa shape index (κ2) is 7.20. The van der Waals surface area contributed by atoms with Crippen LogP contribution in [0.1, 0.15) is 30.0 Å². The molecule has 1 aromatic carbocycles. The summed E-state index contributed by atoms with van der Waals surface area (Å²) in [4.78, 5) is 19.5. The van der Waals surface area contributed by atoms with Crippen molar-refractivity contribution in [1.82, 2.24) is 29.4 Å². The first kappa shape index (κ1) is 17.1. The van der Waals surface area contributed by atoms with E-state index in [9.17, 15) is 0 Å². The first-order valence-electron chi connectivity index (χ1n) is 9.84. The maximum Gasteiger partial charge on any atom is 0.107 e. The lowest BCUT2D eigenvalue weighted by atomic mass is 9.93. The third-order valence-electron chi connectivity index (χ3n) is 5.81. The van der Waals surface area contributed by atoms with Crippen LogP contribution in [0.25, 0.3) is 22.3 Å². The number of aryl methyl sites for hydroxylation is 1. The molecule has 0 unspecified atom stereocenters. The number of rotatable bonds is 4. The Morgan fingerprint density at radius 3 is 2.75 bits per heavy atom. The molecular weight excluding hydrogens is 348 g/mol. The molecule has 4 heterocycles. The van der Waals surface area contributed by atoms with Crippen LogP contribution in [-0.4, -0.2) is 42.5 Å². The van der Waals surface area contributed by atoms with Crippen molar-refractivity contribution in [3.63, 3.8) is 0 Å². The van der Waals surface area contributed by atoms with E-state index in [1.807, 2.05) is 30.2 Å². The van der Waals surface area contributed by atoms with Crippen molar-refractivity contribution in [3.8, 4) is 11.4 Å². The molecule has 6 nitrogen and oxygen atoms in total. The average Bonchev–Trinajstić information content (AvgIpc) is 3.35. The van der Waals surface area contributed by atoms with E-state index in [1.165, 1.54) is 16.5 Å². The van der Waals surface area contributed by atoms with Gasteiger partial charge >= 0.3 is 0 Å². The molecule has 3 aromatic heterocycles. The van der Waals surface area contributed by atoms with E-state index in [0.717, 1.165) is 49.6 Å². The molecule has 0 bridgehead atoms. The predicted molar refractivity (Wildman–Crippen MR) is 110 cm³/mol. The SMILES string of the molecule is Cn1cncc1-c1cncc(C2CCN(Cc3c[nH]c4ccccc34)CC2)n1. The molecule has 1 N–H and O–H groups in total. The van der Waals surface area contributed by atoms with E-state index < -0.39 is 0 Å². The molecule has 0 amide bonds. The molecular formula is C22H24N6. The quantitative estimate of drug-likeness (QED) is 0.593.